The predicted octanol–water partition coefficient (Wildman–Crippen LogP) is 3.21. The molecule has 2 aromatic rings. The summed E-state index contributed by atoms with van der Waals surface area (Å²) in [7, 11) is 0. The zero-order valence-electron chi connectivity index (χ0n) is 13.5. The lowest BCUT2D eigenvalue weighted by Gasteiger charge is -2.20. The smallest absolute Gasteiger partial charge is 0.225 e. The largest absolute Gasteiger partial charge is 0.380 e. The summed E-state index contributed by atoms with van der Waals surface area (Å²) < 4.78 is 0. The molecular weight excluding hydrogens is 274 g/mol. The second kappa shape index (κ2) is 5.95. The molecule has 4 heteroatoms. The minimum absolute atomic E-state index is 0.0724. The third kappa shape index (κ3) is 2.78. The Morgan fingerprint density at radius 2 is 2.18 bits per heavy atom. The fraction of sp³-hybridized carbons (Fsp3) is 0.444. The number of carbonyl (C=O) groups excluding carboxylic acids is 1. The third-order valence-corrected chi connectivity index (χ3v) is 4.33. The first kappa shape index (κ1) is 14.8. The molecule has 2 heterocycles. The van der Waals surface area contributed by atoms with Crippen LogP contribution in [0.2, 0.25) is 0 Å². The SMILES string of the molecule is Cc1cccc2c(NC3CCN(C(=O)C(C)C)C3)ccnc12. The normalized spacial score (nSPS) is 18.2. The molecule has 3 rings (SSSR count). The first-order valence-electron chi connectivity index (χ1n) is 7.96. The van der Waals surface area contributed by atoms with Crippen LogP contribution in [-0.2, 0) is 4.79 Å². The third-order valence-electron chi connectivity index (χ3n) is 4.33. The first-order valence-corrected chi connectivity index (χ1v) is 7.96. The number of anilines is 1. The number of hydrogen-bond acceptors (Lipinski definition) is 3. The Kier molecular flexibility index (Phi) is 4.01. The van der Waals surface area contributed by atoms with E-state index in [-0.39, 0.29) is 11.8 Å². The van der Waals surface area contributed by atoms with Crippen LogP contribution in [0.3, 0.4) is 0 Å². The van der Waals surface area contributed by atoms with E-state index >= 15 is 0 Å². The van der Waals surface area contributed by atoms with E-state index in [2.05, 4.69) is 35.4 Å². The van der Waals surface area contributed by atoms with Crippen molar-refractivity contribution in [2.75, 3.05) is 18.4 Å². The number of para-hydroxylation sites is 1. The van der Waals surface area contributed by atoms with Gasteiger partial charge in [0.2, 0.25) is 5.91 Å². The minimum atomic E-state index is 0.0724. The summed E-state index contributed by atoms with van der Waals surface area (Å²) in [5.74, 6) is 0.322. The average molecular weight is 297 g/mol. The Balaban J connectivity index is 1.78. The number of benzene rings is 1. The molecule has 1 amide bonds. The van der Waals surface area contributed by atoms with Crippen LogP contribution in [0, 0.1) is 12.8 Å². The van der Waals surface area contributed by atoms with Gasteiger partial charge in [-0.2, -0.15) is 0 Å². The fourth-order valence-corrected chi connectivity index (χ4v) is 3.11. The summed E-state index contributed by atoms with van der Waals surface area (Å²) in [5, 5.41) is 4.75. The lowest BCUT2D eigenvalue weighted by atomic mass is 10.1. The van der Waals surface area contributed by atoms with Crippen LogP contribution in [-0.4, -0.2) is 34.9 Å². The highest BCUT2D eigenvalue weighted by Gasteiger charge is 2.27. The monoisotopic (exact) mass is 297 g/mol. The summed E-state index contributed by atoms with van der Waals surface area (Å²) in [6.45, 7) is 7.63. The summed E-state index contributed by atoms with van der Waals surface area (Å²) in [4.78, 5) is 18.5. The Hall–Kier alpha value is -2.10. The predicted molar refractivity (Wildman–Crippen MR) is 89.9 cm³/mol. The molecule has 1 unspecified atom stereocenters. The number of amides is 1. The van der Waals surface area contributed by atoms with Crippen LogP contribution >= 0.6 is 0 Å². The number of hydrogen-bond donors (Lipinski definition) is 1. The van der Waals surface area contributed by atoms with E-state index in [0.29, 0.717) is 6.04 Å². The molecule has 0 saturated carbocycles. The van der Waals surface area contributed by atoms with E-state index in [4.69, 9.17) is 0 Å². The van der Waals surface area contributed by atoms with E-state index in [1.54, 1.807) is 0 Å². The van der Waals surface area contributed by atoms with Crippen LogP contribution in [0.4, 0.5) is 5.69 Å². The zero-order valence-corrected chi connectivity index (χ0v) is 13.5. The van der Waals surface area contributed by atoms with Crippen molar-refractivity contribution in [2.24, 2.45) is 5.92 Å². The van der Waals surface area contributed by atoms with Gasteiger partial charge in [0.15, 0.2) is 0 Å². The molecule has 1 fully saturated rings. The van der Waals surface area contributed by atoms with Crippen molar-refractivity contribution >= 4 is 22.5 Å². The summed E-state index contributed by atoms with van der Waals surface area (Å²) in [6.07, 6.45) is 2.84. The maximum absolute atomic E-state index is 12.1. The Morgan fingerprint density at radius 3 is 2.95 bits per heavy atom. The van der Waals surface area contributed by atoms with Gasteiger partial charge in [0, 0.05) is 42.3 Å². The maximum Gasteiger partial charge on any atom is 0.225 e. The van der Waals surface area contributed by atoms with Crippen LogP contribution in [0.15, 0.2) is 30.5 Å². The highest BCUT2D eigenvalue weighted by Crippen LogP contribution is 2.26. The topological polar surface area (TPSA) is 45.2 Å². The summed E-state index contributed by atoms with van der Waals surface area (Å²) in [6, 6.07) is 8.58. The lowest BCUT2D eigenvalue weighted by molar-refractivity contribution is -0.133. The van der Waals surface area contributed by atoms with Gasteiger partial charge in [0.05, 0.1) is 5.52 Å². The molecule has 0 bridgehead atoms. The standard InChI is InChI=1S/C18H23N3O/c1-12(2)18(22)21-10-8-14(11-21)20-16-7-9-19-17-13(3)5-4-6-15(16)17/h4-7,9,12,14H,8,10-11H2,1-3H3,(H,19,20). The van der Waals surface area contributed by atoms with Gasteiger partial charge in [-0.3, -0.25) is 9.78 Å². The molecule has 22 heavy (non-hydrogen) atoms. The summed E-state index contributed by atoms with van der Waals surface area (Å²) in [5.41, 5.74) is 3.34. The number of likely N-dealkylation sites (tertiary alicyclic amines) is 1. The van der Waals surface area contributed by atoms with Gasteiger partial charge in [-0.25, -0.2) is 0 Å². The van der Waals surface area contributed by atoms with E-state index in [0.717, 1.165) is 36.1 Å². The van der Waals surface area contributed by atoms with Crippen molar-refractivity contribution < 1.29 is 4.79 Å². The number of aryl methyl sites for hydroxylation is 1. The maximum atomic E-state index is 12.1. The number of pyridine rings is 1. The average Bonchev–Trinajstić information content (AvgIpc) is 2.96. The molecular formula is C18H23N3O. The van der Waals surface area contributed by atoms with Gasteiger partial charge in [-0.1, -0.05) is 32.0 Å². The highest BCUT2D eigenvalue weighted by molar-refractivity contribution is 5.93. The van der Waals surface area contributed by atoms with Crippen LogP contribution in [0.1, 0.15) is 25.8 Å². The molecule has 0 radical (unpaired) electrons. The molecule has 1 aliphatic rings. The molecule has 1 aliphatic heterocycles. The van der Waals surface area contributed by atoms with Crippen molar-refractivity contribution in [3.8, 4) is 0 Å². The molecule has 0 spiro atoms. The van der Waals surface area contributed by atoms with Gasteiger partial charge in [0.25, 0.3) is 0 Å². The van der Waals surface area contributed by atoms with Crippen molar-refractivity contribution in [1.29, 1.82) is 0 Å². The van der Waals surface area contributed by atoms with Gasteiger partial charge in [-0.15, -0.1) is 0 Å². The van der Waals surface area contributed by atoms with E-state index < -0.39 is 0 Å². The first-order chi connectivity index (χ1) is 10.6. The molecule has 4 nitrogen and oxygen atoms in total. The number of aromatic nitrogens is 1. The molecule has 1 aromatic heterocycles. The van der Waals surface area contributed by atoms with Crippen molar-refractivity contribution in [1.82, 2.24) is 9.88 Å². The van der Waals surface area contributed by atoms with E-state index in [1.807, 2.05) is 31.0 Å². The van der Waals surface area contributed by atoms with Gasteiger partial charge < -0.3 is 10.2 Å². The van der Waals surface area contributed by atoms with Crippen molar-refractivity contribution in [3.05, 3.63) is 36.0 Å². The highest BCUT2D eigenvalue weighted by atomic mass is 16.2. The van der Waals surface area contributed by atoms with Gasteiger partial charge in [0.1, 0.15) is 0 Å². The Morgan fingerprint density at radius 1 is 1.36 bits per heavy atom. The number of fused-ring (bicyclic) bond motifs is 1. The number of carbonyl (C=O) groups is 1. The molecule has 1 saturated heterocycles. The molecule has 0 aliphatic carbocycles. The van der Waals surface area contributed by atoms with E-state index in [9.17, 15) is 4.79 Å². The number of nitrogens with one attached hydrogen (secondary N) is 1. The van der Waals surface area contributed by atoms with E-state index in [1.165, 1.54) is 5.56 Å². The molecule has 1 N–H and O–H groups in total. The molecule has 1 atom stereocenters. The van der Waals surface area contributed by atoms with Crippen molar-refractivity contribution in [3.63, 3.8) is 0 Å². The fourth-order valence-electron chi connectivity index (χ4n) is 3.11. The molecule has 1 aromatic carbocycles. The zero-order chi connectivity index (χ0) is 15.7. The summed E-state index contributed by atoms with van der Waals surface area (Å²) >= 11 is 0. The molecule has 116 valence electrons. The van der Waals surface area contributed by atoms with Crippen LogP contribution in [0.25, 0.3) is 10.9 Å². The minimum Gasteiger partial charge on any atom is -0.380 e. The Labute approximate surface area is 131 Å². The second-order valence-electron chi connectivity index (χ2n) is 6.40. The van der Waals surface area contributed by atoms with Crippen LogP contribution in [0.5, 0.6) is 0 Å². The number of nitrogens with zero attached hydrogens (tertiary/aromatic N) is 2. The quantitative estimate of drug-likeness (QED) is 0.946. The van der Waals surface area contributed by atoms with Crippen molar-refractivity contribution in [2.45, 2.75) is 33.2 Å². The Bertz CT molecular complexity index is 696. The van der Waals surface area contributed by atoms with Crippen LogP contribution < -0.4 is 5.32 Å². The second-order valence-corrected chi connectivity index (χ2v) is 6.40. The lowest BCUT2D eigenvalue weighted by Crippen LogP contribution is -2.34. The van der Waals surface area contributed by atoms with Gasteiger partial charge in [-0.05, 0) is 25.0 Å². The number of rotatable bonds is 3. The van der Waals surface area contributed by atoms with Gasteiger partial charge >= 0.3 is 0 Å².